The molecule has 1 unspecified atom stereocenters. The second kappa shape index (κ2) is 7.24. The van der Waals surface area contributed by atoms with Crippen molar-refractivity contribution in [1.82, 2.24) is 10.3 Å². The summed E-state index contributed by atoms with van der Waals surface area (Å²) in [5.74, 6) is -2.35. The summed E-state index contributed by atoms with van der Waals surface area (Å²) < 4.78 is 37.1. The number of carboxylic acids is 1. The number of hydrogen-bond acceptors (Lipinski definition) is 3. The van der Waals surface area contributed by atoms with E-state index in [1.54, 1.807) is 0 Å². The molecule has 0 saturated carbocycles. The molecule has 1 aromatic rings. The first-order chi connectivity index (χ1) is 10.1. The monoisotopic (exact) mass is 318 g/mol. The topological polar surface area (TPSA) is 79.3 Å². The number of aromatic nitrogens is 1. The van der Waals surface area contributed by atoms with Crippen molar-refractivity contribution in [1.29, 1.82) is 0 Å². The van der Waals surface area contributed by atoms with Gasteiger partial charge < -0.3 is 10.4 Å². The van der Waals surface area contributed by atoms with Crippen LogP contribution in [0.3, 0.4) is 0 Å². The van der Waals surface area contributed by atoms with E-state index >= 15 is 0 Å². The number of alkyl halides is 3. The van der Waals surface area contributed by atoms with Crippen molar-refractivity contribution in [2.75, 3.05) is 6.54 Å². The molecule has 0 aliphatic heterocycles. The van der Waals surface area contributed by atoms with Gasteiger partial charge in [-0.25, -0.2) is 0 Å². The second-order valence-corrected chi connectivity index (χ2v) is 5.30. The summed E-state index contributed by atoms with van der Waals surface area (Å²) in [5, 5.41) is 11.4. The molecule has 0 bridgehead atoms. The van der Waals surface area contributed by atoms with E-state index in [1.165, 1.54) is 0 Å². The van der Waals surface area contributed by atoms with E-state index in [0.717, 1.165) is 12.1 Å². The minimum atomic E-state index is -4.52. The molecule has 1 rings (SSSR count). The minimum absolute atomic E-state index is 0.102. The zero-order chi connectivity index (χ0) is 16.9. The number of nitrogens with one attached hydrogen (secondary N) is 1. The molecule has 0 aliphatic rings. The van der Waals surface area contributed by atoms with Crippen molar-refractivity contribution in [3.8, 4) is 0 Å². The maximum atomic E-state index is 12.4. The predicted octanol–water partition coefficient (Wildman–Crippen LogP) is 2.58. The largest absolute Gasteiger partial charge is 0.481 e. The zero-order valence-corrected chi connectivity index (χ0v) is 12.1. The normalized spacial score (nSPS) is 13.0. The minimum Gasteiger partial charge on any atom is -0.481 e. The average Bonchev–Trinajstić information content (AvgIpc) is 2.41. The third-order valence-corrected chi connectivity index (χ3v) is 2.94. The Morgan fingerprint density at radius 2 is 1.95 bits per heavy atom. The molecular formula is C14H17F3N2O3. The molecule has 8 heteroatoms. The molecule has 0 aromatic carbocycles. The lowest BCUT2D eigenvalue weighted by molar-refractivity contribution is -0.142. The SMILES string of the molecule is CC(C)CC(CNC(=O)c1ccc(C(F)(F)F)cn1)C(=O)O. The molecule has 5 nitrogen and oxygen atoms in total. The van der Waals surface area contributed by atoms with E-state index in [-0.39, 0.29) is 18.2 Å². The number of nitrogens with zero attached hydrogens (tertiary/aromatic N) is 1. The lowest BCUT2D eigenvalue weighted by Crippen LogP contribution is -2.34. The molecule has 1 atom stereocenters. The van der Waals surface area contributed by atoms with Crippen LogP contribution in [0.25, 0.3) is 0 Å². The number of carbonyl (C=O) groups is 2. The number of amides is 1. The molecule has 0 spiro atoms. The number of halogens is 3. The van der Waals surface area contributed by atoms with Crippen molar-refractivity contribution in [3.05, 3.63) is 29.6 Å². The fourth-order valence-electron chi connectivity index (χ4n) is 1.84. The Balaban J connectivity index is 2.67. The van der Waals surface area contributed by atoms with Gasteiger partial charge in [0.15, 0.2) is 0 Å². The quantitative estimate of drug-likeness (QED) is 0.845. The fourth-order valence-corrected chi connectivity index (χ4v) is 1.84. The van der Waals surface area contributed by atoms with Gasteiger partial charge in [-0.05, 0) is 24.5 Å². The summed E-state index contributed by atoms with van der Waals surface area (Å²) >= 11 is 0. The van der Waals surface area contributed by atoms with Gasteiger partial charge in [-0.3, -0.25) is 14.6 Å². The molecule has 1 heterocycles. The molecule has 0 aliphatic carbocycles. The molecule has 1 aromatic heterocycles. The van der Waals surface area contributed by atoms with E-state index in [9.17, 15) is 22.8 Å². The first kappa shape index (κ1) is 17.9. The Hall–Kier alpha value is -2.12. The van der Waals surface area contributed by atoms with Gasteiger partial charge in [-0.15, -0.1) is 0 Å². The van der Waals surface area contributed by atoms with Crippen LogP contribution in [0.5, 0.6) is 0 Å². The van der Waals surface area contributed by atoms with Gasteiger partial charge in [-0.2, -0.15) is 13.2 Å². The van der Waals surface area contributed by atoms with Crippen LogP contribution in [-0.4, -0.2) is 28.5 Å². The number of aliphatic carboxylic acids is 1. The first-order valence-corrected chi connectivity index (χ1v) is 6.65. The number of carbonyl (C=O) groups excluding carboxylic acids is 1. The number of rotatable bonds is 6. The Morgan fingerprint density at radius 1 is 1.32 bits per heavy atom. The van der Waals surface area contributed by atoms with Crippen molar-refractivity contribution < 1.29 is 27.9 Å². The van der Waals surface area contributed by atoms with Gasteiger partial charge in [0, 0.05) is 12.7 Å². The highest BCUT2D eigenvalue weighted by Crippen LogP contribution is 2.28. The zero-order valence-electron chi connectivity index (χ0n) is 12.1. The predicted molar refractivity (Wildman–Crippen MR) is 72.2 cm³/mol. The summed E-state index contributed by atoms with van der Waals surface area (Å²) in [5.41, 5.74) is -1.14. The Kier molecular flexibility index (Phi) is 5.90. The summed E-state index contributed by atoms with van der Waals surface area (Å²) in [6, 6.07) is 1.71. The highest BCUT2D eigenvalue weighted by molar-refractivity contribution is 5.92. The van der Waals surface area contributed by atoms with Crippen molar-refractivity contribution in [2.45, 2.75) is 26.4 Å². The fraction of sp³-hybridized carbons (Fsp3) is 0.500. The number of pyridine rings is 1. The van der Waals surface area contributed by atoms with Crippen molar-refractivity contribution in [3.63, 3.8) is 0 Å². The maximum absolute atomic E-state index is 12.4. The number of carboxylic acid groups (broad SMARTS) is 1. The molecule has 0 fully saturated rings. The first-order valence-electron chi connectivity index (χ1n) is 6.65. The van der Waals surface area contributed by atoms with E-state index in [4.69, 9.17) is 5.11 Å². The van der Waals surface area contributed by atoms with Crippen molar-refractivity contribution in [2.24, 2.45) is 11.8 Å². The summed E-state index contributed by atoms with van der Waals surface area (Å²) in [6.45, 7) is 3.61. The van der Waals surface area contributed by atoms with Gasteiger partial charge in [-0.1, -0.05) is 13.8 Å². The molecule has 0 radical (unpaired) electrons. The smallest absolute Gasteiger partial charge is 0.417 e. The lowest BCUT2D eigenvalue weighted by Gasteiger charge is -2.15. The highest BCUT2D eigenvalue weighted by Gasteiger charge is 2.31. The highest BCUT2D eigenvalue weighted by atomic mass is 19.4. The Bertz CT molecular complexity index is 527. The maximum Gasteiger partial charge on any atom is 0.417 e. The van der Waals surface area contributed by atoms with Crippen LogP contribution < -0.4 is 5.32 Å². The van der Waals surface area contributed by atoms with Gasteiger partial charge in [0.1, 0.15) is 5.69 Å². The van der Waals surface area contributed by atoms with E-state index < -0.39 is 29.5 Å². The molecule has 22 heavy (non-hydrogen) atoms. The Labute approximate surface area is 125 Å². The summed E-state index contributed by atoms with van der Waals surface area (Å²) in [7, 11) is 0. The van der Waals surface area contributed by atoms with Gasteiger partial charge in [0.2, 0.25) is 0 Å². The van der Waals surface area contributed by atoms with Gasteiger partial charge in [0.05, 0.1) is 11.5 Å². The lowest BCUT2D eigenvalue weighted by atomic mass is 9.97. The van der Waals surface area contributed by atoms with Crippen LogP contribution >= 0.6 is 0 Å². The molecule has 2 N–H and O–H groups in total. The Morgan fingerprint density at radius 3 is 2.36 bits per heavy atom. The standard InChI is InChI=1S/C14H17F3N2O3/c1-8(2)5-9(13(21)22)6-19-12(20)11-4-3-10(7-18-11)14(15,16)17/h3-4,7-9H,5-6H2,1-2H3,(H,19,20)(H,21,22). The van der Waals surface area contributed by atoms with Crippen LogP contribution in [-0.2, 0) is 11.0 Å². The summed E-state index contributed by atoms with van der Waals surface area (Å²) in [4.78, 5) is 26.3. The van der Waals surface area contributed by atoms with Gasteiger partial charge in [0.25, 0.3) is 5.91 Å². The van der Waals surface area contributed by atoms with Gasteiger partial charge >= 0.3 is 12.1 Å². The third kappa shape index (κ3) is 5.34. The van der Waals surface area contributed by atoms with E-state index in [0.29, 0.717) is 12.6 Å². The second-order valence-electron chi connectivity index (χ2n) is 5.30. The van der Waals surface area contributed by atoms with Crippen LogP contribution in [0.15, 0.2) is 18.3 Å². The molecule has 1 amide bonds. The molecule has 0 saturated heterocycles. The van der Waals surface area contributed by atoms with E-state index in [2.05, 4.69) is 10.3 Å². The van der Waals surface area contributed by atoms with E-state index in [1.807, 2.05) is 13.8 Å². The molecule has 122 valence electrons. The number of hydrogen-bond donors (Lipinski definition) is 2. The third-order valence-electron chi connectivity index (χ3n) is 2.94. The van der Waals surface area contributed by atoms with Crippen LogP contribution in [0.1, 0.15) is 36.3 Å². The summed E-state index contributed by atoms with van der Waals surface area (Å²) in [6.07, 6.45) is -3.57. The van der Waals surface area contributed by atoms with Crippen LogP contribution in [0.4, 0.5) is 13.2 Å². The average molecular weight is 318 g/mol. The van der Waals surface area contributed by atoms with Crippen LogP contribution in [0, 0.1) is 11.8 Å². The van der Waals surface area contributed by atoms with Crippen LogP contribution in [0.2, 0.25) is 0 Å². The van der Waals surface area contributed by atoms with Crippen molar-refractivity contribution >= 4 is 11.9 Å². The molecular weight excluding hydrogens is 301 g/mol.